The topological polar surface area (TPSA) is 31.4 Å². The zero-order chi connectivity index (χ0) is 14.9. The molecule has 0 bridgehead atoms. The first-order valence-corrected chi connectivity index (χ1v) is 8.20. The number of nitrogens with zero attached hydrogens (tertiary/aromatic N) is 3. The first-order valence-electron chi connectivity index (χ1n) is 8.20. The van der Waals surface area contributed by atoms with Crippen molar-refractivity contribution in [3.05, 3.63) is 23.9 Å². The number of fused-ring (bicyclic) bond motifs is 1. The highest BCUT2D eigenvalue weighted by molar-refractivity contribution is 5.42. The maximum Gasteiger partial charge on any atom is 0.128 e. The molecule has 0 saturated carbocycles. The van der Waals surface area contributed by atoms with Crippen molar-refractivity contribution >= 4 is 5.82 Å². The van der Waals surface area contributed by atoms with Crippen LogP contribution in [0.4, 0.5) is 5.82 Å². The third-order valence-corrected chi connectivity index (χ3v) is 4.54. The summed E-state index contributed by atoms with van der Waals surface area (Å²) in [5.41, 5.74) is 1.47. The molecule has 4 nitrogen and oxygen atoms in total. The summed E-state index contributed by atoms with van der Waals surface area (Å²) in [7, 11) is 0. The summed E-state index contributed by atoms with van der Waals surface area (Å²) >= 11 is 0. The number of piperazine rings is 1. The van der Waals surface area contributed by atoms with E-state index in [1.165, 1.54) is 31.5 Å². The average Bonchev–Trinajstić information content (AvgIpc) is 2.92. The molecule has 0 aliphatic carbocycles. The first-order chi connectivity index (χ1) is 10.0. The predicted molar refractivity (Wildman–Crippen MR) is 87.6 cm³/mol. The minimum Gasteiger partial charge on any atom is -0.354 e. The van der Waals surface area contributed by atoms with Crippen molar-refractivity contribution in [2.24, 2.45) is 0 Å². The Bertz CT molecular complexity index is 480. The Labute approximate surface area is 128 Å². The Balaban J connectivity index is 1.65. The fraction of sp³-hybridized carbons (Fsp3) is 0.706. The summed E-state index contributed by atoms with van der Waals surface area (Å²) in [5.74, 6) is 1.15. The van der Waals surface area contributed by atoms with Gasteiger partial charge in [0.1, 0.15) is 5.82 Å². The van der Waals surface area contributed by atoms with Gasteiger partial charge in [-0.25, -0.2) is 4.98 Å². The molecule has 4 heteroatoms. The van der Waals surface area contributed by atoms with Crippen LogP contribution in [0.5, 0.6) is 0 Å². The molecule has 3 rings (SSSR count). The minimum absolute atomic E-state index is 0.152. The van der Waals surface area contributed by atoms with Crippen molar-refractivity contribution in [3.63, 3.8) is 0 Å². The van der Waals surface area contributed by atoms with E-state index in [2.05, 4.69) is 53.0 Å². The van der Waals surface area contributed by atoms with E-state index in [1.807, 2.05) is 6.20 Å². The highest BCUT2D eigenvalue weighted by atomic mass is 15.3. The van der Waals surface area contributed by atoms with Gasteiger partial charge in [-0.15, -0.1) is 0 Å². The summed E-state index contributed by atoms with van der Waals surface area (Å²) in [5, 5.41) is 3.55. The lowest BCUT2D eigenvalue weighted by atomic mass is 10.1. The van der Waals surface area contributed by atoms with Gasteiger partial charge in [-0.3, -0.25) is 4.90 Å². The van der Waals surface area contributed by atoms with E-state index in [9.17, 15) is 0 Å². The molecule has 0 aromatic carbocycles. The third-order valence-electron chi connectivity index (χ3n) is 4.54. The van der Waals surface area contributed by atoms with Gasteiger partial charge >= 0.3 is 0 Å². The molecule has 1 aromatic rings. The molecular formula is C17H28N4. The lowest BCUT2D eigenvalue weighted by Crippen LogP contribution is -2.50. The molecule has 2 fully saturated rings. The molecule has 21 heavy (non-hydrogen) atoms. The van der Waals surface area contributed by atoms with Gasteiger partial charge in [-0.05, 0) is 57.9 Å². The van der Waals surface area contributed by atoms with Crippen molar-refractivity contribution in [2.75, 3.05) is 31.1 Å². The van der Waals surface area contributed by atoms with Crippen molar-refractivity contribution in [1.29, 1.82) is 0 Å². The number of nitrogens with one attached hydrogen (secondary N) is 1. The molecule has 1 unspecified atom stereocenters. The smallest absolute Gasteiger partial charge is 0.128 e. The molecule has 1 atom stereocenters. The number of aromatic nitrogens is 1. The van der Waals surface area contributed by atoms with Crippen LogP contribution >= 0.6 is 0 Å². The van der Waals surface area contributed by atoms with Crippen LogP contribution in [-0.2, 0) is 6.54 Å². The second kappa shape index (κ2) is 5.93. The van der Waals surface area contributed by atoms with Crippen molar-refractivity contribution in [3.8, 4) is 0 Å². The first kappa shape index (κ1) is 14.8. The molecule has 0 radical (unpaired) electrons. The highest BCUT2D eigenvalue weighted by Gasteiger charge is 2.30. The lowest BCUT2D eigenvalue weighted by molar-refractivity contribution is 0.230. The Morgan fingerprint density at radius 1 is 1.29 bits per heavy atom. The van der Waals surface area contributed by atoms with Crippen LogP contribution in [0.1, 0.15) is 39.2 Å². The maximum atomic E-state index is 4.60. The zero-order valence-electron chi connectivity index (χ0n) is 13.6. The Morgan fingerprint density at radius 3 is 2.95 bits per heavy atom. The normalized spacial score (nSPS) is 23.4. The van der Waals surface area contributed by atoms with Gasteiger partial charge in [0.25, 0.3) is 0 Å². The van der Waals surface area contributed by atoms with Crippen LogP contribution in [-0.4, -0.2) is 47.6 Å². The van der Waals surface area contributed by atoms with E-state index in [-0.39, 0.29) is 5.54 Å². The van der Waals surface area contributed by atoms with Crippen molar-refractivity contribution < 1.29 is 0 Å². The number of hydrogen-bond donors (Lipinski definition) is 1. The van der Waals surface area contributed by atoms with Crippen molar-refractivity contribution in [2.45, 2.75) is 51.7 Å². The van der Waals surface area contributed by atoms with E-state index < -0.39 is 0 Å². The average molecular weight is 288 g/mol. The van der Waals surface area contributed by atoms with Gasteiger partial charge in [0.15, 0.2) is 0 Å². The van der Waals surface area contributed by atoms with Crippen LogP contribution in [0.3, 0.4) is 0 Å². The monoisotopic (exact) mass is 288 g/mol. The fourth-order valence-corrected chi connectivity index (χ4v) is 3.31. The van der Waals surface area contributed by atoms with Gasteiger partial charge in [0, 0.05) is 44.0 Å². The molecule has 2 aliphatic heterocycles. The molecule has 2 saturated heterocycles. The van der Waals surface area contributed by atoms with Crippen LogP contribution < -0.4 is 10.2 Å². The van der Waals surface area contributed by atoms with Gasteiger partial charge in [0.05, 0.1) is 0 Å². The number of rotatable bonds is 3. The number of anilines is 1. The van der Waals surface area contributed by atoms with E-state index in [1.54, 1.807) is 0 Å². The maximum absolute atomic E-state index is 4.60. The van der Waals surface area contributed by atoms with Crippen molar-refractivity contribution in [1.82, 2.24) is 15.2 Å². The fourth-order valence-electron chi connectivity index (χ4n) is 3.31. The van der Waals surface area contributed by atoms with Gasteiger partial charge in [-0.2, -0.15) is 0 Å². The number of pyridine rings is 1. The second-order valence-electron chi connectivity index (χ2n) is 7.40. The second-order valence-corrected chi connectivity index (χ2v) is 7.40. The molecule has 0 spiro atoms. The quantitative estimate of drug-likeness (QED) is 0.924. The third kappa shape index (κ3) is 3.74. The molecule has 3 heterocycles. The summed E-state index contributed by atoms with van der Waals surface area (Å²) in [6.07, 6.45) is 4.67. The molecule has 1 N–H and O–H groups in total. The molecule has 2 aliphatic rings. The predicted octanol–water partition coefficient (Wildman–Crippen LogP) is 2.25. The molecule has 116 valence electrons. The van der Waals surface area contributed by atoms with Gasteiger partial charge in [0.2, 0.25) is 0 Å². The Morgan fingerprint density at radius 2 is 2.14 bits per heavy atom. The highest BCUT2D eigenvalue weighted by Crippen LogP contribution is 2.24. The summed E-state index contributed by atoms with van der Waals surface area (Å²) in [4.78, 5) is 9.71. The van der Waals surface area contributed by atoms with E-state index in [0.29, 0.717) is 0 Å². The lowest BCUT2D eigenvalue weighted by Gasteiger charge is -2.38. The molecule has 1 aromatic heterocycles. The Kier molecular flexibility index (Phi) is 4.18. The summed E-state index contributed by atoms with van der Waals surface area (Å²) in [6.45, 7) is 12.3. The van der Waals surface area contributed by atoms with E-state index in [0.717, 1.165) is 31.5 Å². The van der Waals surface area contributed by atoms with Crippen LogP contribution in [0.15, 0.2) is 18.3 Å². The summed E-state index contributed by atoms with van der Waals surface area (Å²) < 4.78 is 0. The van der Waals surface area contributed by atoms with Gasteiger partial charge in [-0.1, -0.05) is 0 Å². The van der Waals surface area contributed by atoms with Crippen LogP contribution in [0.25, 0.3) is 0 Å². The Hall–Kier alpha value is -1.13. The van der Waals surface area contributed by atoms with E-state index >= 15 is 0 Å². The largest absolute Gasteiger partial charge is 0.354 e. The molecule has 0 amide bonds. The van der Waals surface area contributed by atoms with Gasteiger partial charge < -0.3 is 10.2 Å². The summed E-state index contributed by atoms with van der Waals surface area (Å²) in [6, 6.07) is 5.12. The standard InChI is InChI=1S/C17H28N4/c1-17(2,3)19-12-14-6-7-18-16(11-14)21-10-9-20-8-4-5-15(20)13-21/h6-7,11,15,19H,4-5,8-10,12-13H2,1-3H3. The zero-order valence-corrected chi connectivity index (χ0v) is 13.6. The van der Waals surface area contributed by atoms with Crippen LogP contribution in [0.2, 0.25) is 0 Å². The molecular weight excluding hydrogens is 260 g/mol. The SMILES string of the molecule is CC(C)(C)NCc1ccnc(N2CCN3CCCC3C2)c1. The van der Waals surface area contributed by atoms with Crippen LogP contribution in [0, 0.1) is 0 Å². The van der Waals surface area contributed by atoms with E-state index in [4.69, 9.17) is 0 Å². The minimum atomic E-state index is 0.152. The number of hydrogen-bond acceptors (Lipinski definition) is 4.